The summed E-state index contributed by atoms with van der Waals surface area (Å²) in [5.41, 5.74) is 0. The zero-order valence-corrected chi connectivity index (χ0v) is 10.4. The Morgan fingerprint density at radius 1 is 1.61 bits per heavy atom. The number of nitrogens with zero attached hydrogens (tertiary/aromatic N) is 2. The first kappa shape index (κ1) is 12.6. The van der Waals surface area contributed by atoms with E-state index < -0.39 is 0 Å². The smallest absolute Gasteiger partial charge is 0.236 e. The Bertz CT molecular complexity index is 416. The molecule has 0 radical (unpaired) electrons. The van der Waals surface area contributed by atoms with Crippen molar-refractivity contribution >= 4 is 11.8 Å². The Hall–Kier alpha value is -1.82. The fourth-order valence-electron chi connectivity index (χ4n) is 1.86. The topological polar surface area (TPSA) is 65.8 Å². The molecule has 1 aromatic heterocycles. The first-order valence-corrected chi connectivity index (χ1v) is 5.90. The van der Waals surface area contributed by atoms with Crippen LogP contribution in [0, 0.1) is 0 Å². The highest BCUT2D eigenvalue weighted by atomic mass is 16.3. The highest BCUT2D eigenvalue weighted by Gasteiger charge is 2.20. The summed E-state index contributed by atoms with van der Waals surface area (Å²) in [6, 6.07) is 3.63. The Kier molecular flexibility index (Phi) is 3.99. The third-order valence-corrected chi connectivity index (χ3v) is 2.88. The summed E-state index contributed by atoms with van der Waals surface area (Å²) in [7, 11) is 1.73. The lowest BCUT2D eigenvalue weighted by molar-refractivity contribution is -0.133. The van der Waals surface area contributed by atoms with Crippen LogP contribution in [0.2, 0.25) is 0 Å². The standard InChI is InChI=1S/C12H17N3O3/c1-14(7-10-3-2-6-18-10)12(17)9-15-5-4-13-11(16)8-15/h2-3,6H,4-5,7-9H2,1H3,(H,13,16). The molecular weight excluding hydrogens is 234 g/mol. The molecule has 0 unspecified atom stereocenters. The maximum absolute atomic E-state index is 12.0. The molecule has 0 spiro atoms. The quantitative estimate of drug-likeness (QED) is 0.796. The first-order chi connectivity index (χ1) is 8.65. The van der Waals surface area contributed by atoms with Crippen LogP contribution >= 0.6 is 0 Å². The Morgan fingerprint density at radius 2 is 2.44 bits per heavy atom. The minimum atomic E-state index is -0.0252. The Labute approximate surface area is 106 Å². The number of piperazine rings is 1. The van der Waals surface area contributed by atoms with Gasteiger partial charge in [-0.3, -0.25) is 14.5 Å². The summed E-state index contributed by atoms with van der Waals surface area (Å²) in [6.45, 7) is 2.33. The van der Waals surface area contributed by atoms with Gasteiger partial charge in [-0.1, -0.05) is 0 Å². The van der Waals surface area contributed by atoms with Crippen molar-refractivity contribution in [1.29, 1.82) is 0 Å². The van der Waals surface area contributed by atoms with Gasteiger partial charge >= 0.3 is 0 Å². The molecule has 2 heterocycles. The normalized spacial score (nSPS) is 16.4. The summed E-state index contributed by atoms with van der Waals surface area (Å²) in [5.74, 6) is 0.714. The summed E-state index contributed by atoms with van der Waals surface area (Å²) in [6.07, 6.45) is 1.59. The Balaban J connectivity index is 1.81. The number of hydrogen-bond acceptors (Lipinski definition) is 4. The van der Waals surface area contributed by atoms with E-state index >= 15 is 0 Å². The largest absolute Gasteiger partial charge is 0.467 e. The predicted octanol–water partition coefficient (Wildman–Crippen LogP) is -0.330. The number of rotatable bonds is 4. The molecule has 6 nitrogen and oxygen atoms in total. The monoisotopic (exact) mass is 251 g/mol. The lowest BCUT2D eigenvalue weighted by Gasteiger charge is -2.27. The van der Waals surface area contributed by atoms with Gasteiger partial charge in [0.2, 0.25) is 11.8 Å². The molecular formula is C12H17N3O3. The number of likely N-dealkylation sites (N-methyl/N-ethyl adjacent to an activating group) is 1. The molecule has 0 atom stereocenters. The number of hydrogen-bond donors (Lipinski definition) is 1. The minimum Gasteiger partial charge on any atom is -0.467 e. The van der Waals surface area contributed by atoms with Crippen LogP contribution in [0.3, 0.4) is 0 Å². The van der Waals surface area contributed by atoms with E-state index in [1.807, 2.05) is 11.0 Å². The van der Waals surface area contributed by atoms with Gasteiger partial charge < -0.3 is 14.6 Å². The fraction of sp³-hybridized carbons (Fsp3) is 0.500. The molecule has 2 amide bonds. The highest BCUT2D eigenvalue weighted by Crippen LogP contribution is 2.04. The summed E-state index contributed by atoms with van der Waals surface area (Å²) < 4.78 is 5.19. The molecule has 1 saturated heterocycles. The van der Waals surface area contributed by atoms with E-state index in [4.69, 9.17) is 4.42 Å². The van der Waals surface area contributed by atoms with Crippen molar-refractivity contribution in [2.45, 2.75) is 6.54 Å². The molecule has 1 fully saturated rings. The lowest BCUT2D eigenvalue weighted by atomic mass is 10.3. The number of furan rings is 1. The molecule has 2 rings (SSSR count). The van der Waals surface area contributed by atoms with E-state index in [0.717, 1.165) is 5.76 Å². The SMILES string of the molecule is CN(Cc1ccco1)C(=O)CN1CCNC(=O)C1. The van der Waals surface area contributed by atoms with Gasteiger partial charge in [0.15, 0.2) is 0 Å². The van der Waals surface area contributed by atoms with Gasteiger partial charge in [-0.25, -0.2) is 0 Å². The van der Waals surface area contributed by atoms with Crippen LogP contribution in [0.1, 0.15) is 5.76 Å². The van der Waals surface area contributed by atoms with Crippen LogP contribution < -0.4 is 5.32 Å². The average molecular weight is 251 g/mol. The van der Waals surface area contributed by atoms with Crippen molar-refractivity contribution in [3.8, 4) is 0 Å². The van der Waals surface area contributed by atoms with Crippen molar-refractivity contribution in [1.82, 2.24) is 15.1 Å². The molecule has 1 N–H and O–H groups in total. The fourth-order valence-corrected chi connectivity index (χ4v) is 1.86. The van der Waals surface area contributed by atoms with Crippen LogP contribution in [0.25, 0.3) is 0 Å². The number of amides is 2. The summed E-state index contributed by atoms with van der Waals surface area (Å²) in [4.78, 5) is 26.6. The van der Waals surface area contributed by atoms with Gasteiger partial charge in [0.25, 0.3) is 0 Å². The third-order valence-electron chi connectivity index (χ3n) is 2.88. The molecule has 0 bridgehead atoms. The van der Waals surface area contributed by atoms with E-state index in [0.29, 0.717) is 26.2 Å². The van der Waals surface area contributed by atoms with E-state index in [-0.39, 0.29) is 18.4 Å². The van der Waals surface area contributed by atoms with Crippen molar-refractivity contribution in [2.75, 3.05) is 33.2 Å². The average Bonchev–Trinajstić information content (AvgIpc) is 2.81. The van der Waals surface area contributed by atoms with Crippen molar-refractivity contribution in [2.24, 2.45) is 0 Å². The zero-order chi connectivity index (χ0) is 13.0. The van der Waals surface area contributed by atoms with Gasteiger partial charge in [-0.15, -0.1) is 0 Å². The maximum Gasteiger partial charge on any atom is 0.236 e. The maximum atomic E-state index is 12.0. The van der Waals surface area contributed by atoms with Crippen LogP contribution in [0.4, 0.5) is 0 Å². The third kappa shape index (κ3) is 3.33. The molecule has 1 aromatic rings. The molecule has 0 saturated carbocycles. The molecule has 98 valence electrons. The summed E-state index contributed by atoms with van der Waals surface area (Å²) >= 11 is 0. The van der Waals surface area contributed by atoms with Crippen LogP contribution in [0.5, 0.6) is 0 Å². The molecule has 0 aliphatic carbocycles. The minimum absolute atomic E-state index is 0.0129. The molecule has 1 aliphatic rings. The van der Waals surface area contributed by atoms with Crippen LogP contribution in [0.15, 0.2) is 22.8 Å². The number of nitrogens with one attached hydrogen (secondary N) is 1. The van der Waals surface area contributed by atoms with Crippen LogP contribution in [-0.4, -0.2) is 54.8 Å². The number of carbonyl (C=O) groups is 2. The van der Waals surface area contributed by atoms with Crippen molar-refractivity contribution in [3.05, 3.63) is 24.2 Å². The van der Waals surface area contributed by atoms with Crippen LogP contribution in [-0.2, 0) is 16.1 Å². The molecule has 1 aliphatic heterocycles. The van der Waals surface area contributed by atoms with Gasteiger partial charge in [-0.05, 0) is 12.1 Å². The second-order valence-electron chi connectivity index (χ2n) is 4.39. The van der Waals surface area contributed by atoms with E-state index in [1.165, 1.54) is 0 Å². The second-order valence-corrected chi connectivity index (χ2v) is 4.39. The van der Waals surface area contributed by atoms with Gasteiger partial charge in [0, 0.05) is 20.1 Å². The highest BCUT2D eigenvalue weighted by molar-refractivity contribution is 5.81. The number of carbonyl (C=O) groups excluding carboxylic acids is 2. The zero-order valence-electron chi connectivity index (χ0n) is 10.4. The predicted molar refractivity (Wildman–Crippen MR) is 64.6 cm³/mol. The first-order valence-electron chi connectivity index (χ1n) is 5.90. The second kappa shape index (κ2) is 5.68. The summed E-state index contributed by atoms with van der Waals surface area (Å²) in [5, 5.41) is 2.73. The van der Waals surface area contributed by atoms with Gasteiger partial charge in [0.05, 0.1) is 25.9 Å². The van der Waals surface area contributed by atoms with E-state index in [9.17, 15) is 9.59 Å². The van der Waals surface area contributed by atoms with E-state index in [2.05, 4.69) is 5.32 Å². The lowest BCUT2D eigenvalue weighted by Crippen LogP contribution is -2.50. The molecule has 18 heavy (non-hydrogen) atoms. The molecule has 0 aromatic carbocycles. The Morgan fingerprint density at radius 3 is 3.11 bits per heavy atom. The van der Waals surface area contributed by atoms with Crippen molar-refractivity contribution in [3.63, 3.8) is 0 Å². The van der Waals surface area contributed by atoms with E-state index in [1.54, 1.807) is 24.3 Å². The van der Waals surface area contributed by atoms with Crippen molar-refractivity contribution < 1.29 is 14.0 Å². The van der Waals surface area contributed by atoms with Gasteiger partial charge in [-0.2, -0.15) is 0 Å². The van der Waals surface area contributed by atoms with Gasteiger partial charge in [0.1, 0.15) is 5.76 Å². The molecule has 6 heteroatoms.